The number of likely N-dealkylation sites (N-methyl/N-ethyl adjacent to an activating group) is 1. The molecule has 1 amide bonds. The molecule has 1 aromatic heterocycles. The Kier molecular flexibility index (Phi) is 4.89. The van der Waals surface area contributed by atoms with E-state index in [4.69, 9.17) is 0 Å². The summed E-state index contributed by atoms with van der Waals surface area (Å²) in [5.74, 6) is -0.253. The number of hydrogen-bond acceptors (Lipinski definition) is 4. The van der Waals surface area contributed by atoms with Crippen LogP contribution in [0.3, 0.4) is 0 Å². The molecular formula is C21H24N4O. The number of amides is 1. The van der Waals surface area contributed by atoms with Crippen LogP contribution in [0.1, 0.15) is 49.2 Å². The van der Waals surface area contributed by atoms with Gasteiger partial charge in [0.1, 0.15) is 0 Å². The first kappa shape index (κ1) is 17.9. The molecule has 0 unspecified atom stereocenters. The monoisotopic (exact) mass is 348 g/mol. The number of carbonyl (C=O) groups is 1. The van der Waals surface area contributed by atoms with Crippen LogP contribution in [0.5, 0.6) is 0 Å². The highest BCUT2D eigenvalue weighted by atomic mass is 16.2. The maximum absolute atomic E-state index is 12.0. The first-order valence-electron chi connectivity index (χ1n) is 8.77. The summed E-state index contributed by atoms with van der Waals surface area (Å²) in [6.07, 6.45) is 7.13. The first-order valence-corrected chi connectivity index (χ1v) is 8.77. The molecule has 134 valence electrons. The van der Waals surface area contributed by atoms with Crippen LogP contribution < -0.4 is 10.3 Å². The van der Waals surface area contributed by atoms with Gasteiger partial charge in [-0.2, -0.15) is 5.10 Å². The molecule has 0 atom stereocenters. The van der Waals surface area contributed by atoms with Crippen molar-refractivity contribution in [2.45, 2.75) is 33.2 Å². The second-order valence-electron chi connectivity index (χ2n) is 6.94. The summed E-state index contributed by atoms with van der Waals surface area (Å²) < 4.78 is 0. The zero-order valence-electron chi connectivity index (χ0n) is 15.7. The van der Waals surface area contributed by atoms with Crippen molar-refractivity contribution in [3.63, 3.8) is 0 Å². The van der Waals surface area contributed by atoms with Gasteiger partial charge in [-0.1, -0.05) is 12.1 Å². The van der Waals surface area contributed by atoms with Gasteiger partial charge < -0.3 is 4.90 Å². The van der Waals surface area contributed by atoms with Gasteiger partial charge in [0.05, 0.1) is 11.8 Å². The number of nitrogens with zero attached hydrogens (tertiary/aromatic N) is 3. The Morgan fingerprint density at radius 3 is 2.69 bits per heavy atom. The summed E-state index contributed by atoms with van der Waals surface area (Å²) in [5.41, 5.74) is 7.72. The van der Waals surface area contributed by atoms with Crippen LogP contribution in [0.25, 0.3) is 5.57 Å². The van der Waals surface area contributed by atoms with Crippen molar-refractivity contribution in [2.24, 2.45) is 5.10 Å². The van der Waals surface area contributed by atoms with E-state index < -0.39 is 0 Å². The molecule has 0 aliphatic carbocycles. The average molecular weight is 348 g/mol. The highest BCUT2D eigenvalue weighted by molar-refractivity contribution is 5.95. The van der Waals surface area contributed by atoms with E-state index in [1.165, 1.54) is 16.8 Å². The number of pyridine rings is 1. The van der Waals surface area contributed by atoms with Crippen LogP contribution in [0.4, 0.5) is 5.69 Å². The number of fused-ring (bicyclic) bond motifs is 1. The zero-order valence-corrected chi connectivity index (χ0v) is 15.7. The average Bonchev–Trinajstić information content (AvgIpc) is 2.62. The van der Waals surface area contributed by atoms with E-state index in [1.807, 2.05) is 6.07 Å². The number of carbonyl (C=O) groups excluding carboxylic acids is 1. The SMILES string of the molecule is CCN1c2ccc(/C=N\NC(=O)c3ccncc3)cc2C(C)=CC1(C)C. The number of rotatable bonds is 4. The fraction of sp³-hybridized carbons (Fsp3) is 0.286. The zero-order chi connectivity index (χ0) is 18.7. The normalized spacial score (nSPS) is 15.5. The largest absolute Gasteiger partial charge is 0.363 e. The van der Waals surface area contributed by atoms with E-state index in [1.54, 1.807) is 30.7 Å². The van der Waals surface area contributed by atoms with Crippen molar-refractivity contribution < 1.29 is 4.79 Å². The molecule has 0 radical (unpaired) electrons. The molecule has 5 heteroatoms. The summed E-state index contributed by atoms with van der Waals surface area (Å²) in [6, 6.07) is 9.57. The van der Waals surface area contributed by atoms with Crippen LogP contribution in [0.2, 0.25) is 0 Å². The predicted molar refractivity (Wildman–Crippen MR) is 106 cm³/mol. The smallest absolute Gasteiger partial charge is 0.271 e. The molecular weight excluding hydrogens is 324 g/mol. The van der Waals surface area contributed by atoms with Gasteiger partial charge in [-0.05, 0) is 63.1 Å². The Hall–Kier alpha value is -2.95. The highest BCUT2D eigenvalue weighted by Gasteiger charge is 2.29. The lowest BCUT2D eigenvalue weighted by Gasteiger charge is -2.42. The fourth-order valence-electron chi connectivity index (χ4n) is 3.49. The molecule has 1 aromatic carbocycles. The summed E-state index contributed by atoms with van der Waals surface area (Å²) >= 11 is 0. The minimum Gasteiger partial charge on any atom is -0.363 e. The third-order valence-corrected chi connectivity index (χ3v) is 4.64. The number of benzene rings is 1. The van der Waals surface area contributed by atoms with Gasteiger partial charge in [-0.25, -0.2) is 5.43 Å². The number of allylic oxidation sites excluding steroid dienone is 1. The third kappa shape index (κ3) is 3.52. The highest BCUT2D eigenvalue weighted by Crippen LogP contribution is 2.38. The van der Waals surface area contributed by atoms with E-state index in [-0.39, 0.29) is 11.4 Å². The Morgan fingerprint density at radius 1 is 1.27 bits per heavy atom. The minimum absolute atomic E-state index is 0.0000449. The number of aromatic nitrogens is 1. The molecule has 0 spiro atoms. The maximum Gasteiger partial charge on any atom is 0.271 e. The van der Waals surface area contributed by atoms with E-state index in [0.29, 0.717) is 5.56 Å². The van der Waals surface area contributed by atoms with Crippen molar-refractivity contribution in [1.29, 1.82) is 0 Å². The quantitative estimate of drug-likeness (QED) is 0.674. The lowest BCUT2D eigenvalue weighted by atomic mass is 9.88. The molecule has 26 heavy (non-hydrogen) atoms. The standard InChI is InChI=1S/C21H24N4O/c1-5-25-19-7-6-16(12-18(19)15(2)13-21(25,3)4)14-23-24-20(26)17-8-10-22-11-9-17/h6-14H,5H2,1-4H3,(H,24,26)/b23-14-. The van der Waals surface area contributed by atoms with Crippen molar-refractivity contribution in [2.75, 3.05) is 11.4 Å². The number of hydrazone groups is 1. The molecule has 2 aromatic rings. The van der Waals surface area contributed by atoms with E-state index in [9.17, 15) is 4.79 Å². The summed E-state index contributed by atoms with van der Waals surface area (Å²) in [7, 11) is 0. The predicted octanol–water partition coefficient (Wildman–Crippen LogP) is 3.87. The van der Waals surface area contributed by atoms with Crippen molar-refractivity contribution in [3.8, 4) is 0 Å². The fourth-order valence-corrected chi connectivity index (χ4v) is 3.49. The van der Waals surface area contributed by atoms with E-state index >= 15 is 0 Å². The van der Waals surface area contributed by atoms with Gasteiger partial charge in [-0.3, -0.25) is 9.78 Å². The Balaban J connectivity index is 1.79. The molecule has 1 aliphatic heterocycles. The van der Waals surface area contributed by atoms with Gasteiger partial charge >= 0.3 is 0 Å². The molecule has 0 fully saturated rings. The molecule has 5 nitrogen and oxygen atoms in total. The molecule has 1 N–H and O–H groups in total. The number of nitrogens with one attached hydrogen (secondary N) is 1. The Labute approximate surface area is 154 Å². The van der Waals surface area contributed by atoms with Gasteiger partial charge in [-0.15, -0.1) is 0 Å². The van der Waals surface area contributed by atoms with Crippen molar-refractivity contribution in [1.82, 2.24) is 10.4 Å². The number of anilines is 1. The molecule has 2 heterocycles. The van der Waals surface area contributed by atoms with Gasteiger partial charge in [0.25, 0.3) is 5.91 Å². The van der Waals surface area contributed by atoms with Gasteiger partial charge in [0.2, 0.25) is 0 Å². The lowest BCUT2D eigenvalue weighted by Crippen LogP contribution is -2.44. The van der Waals surface area contributed by atoms with Crippen LogP contribution in [0.15, 0.2) is 53.9 Å². The van der Waals surface area contributed by atoms with Crippen LogP contribution >= 0.6 is 0 Å². The van der Waals surface area contributed by atoms with Gasteiger partial charge in [0.15, 0.2) is 0 Å². The van der Waals surface area contributed by atoms with Gasteiger partial charge in [0, 0.05) is 35.8 Å². The molecule has 0 saturated heterocycles. The van der Waals surface area contributed by atoms with Crippen molar-refractivity contribution in [3.05, 3.63) is 65.5 Å². The molecule has 0 bridgehead atoms. The van der Waals surface area contributed by atoms with Crippen LogP contribution in [-0.2, 0) is 0 Å². The molecule has 3 rings (SSSR count). The third-order valence-electron chi connectivity index (χ3n) is 4.64. The van der Waals surface area contributed by atoms with Crippen LogP contribution in [-0.4, -0.2) is 29.2 Å². The van der Waals surface area contributed by atoms with E-state index in [2.05, 4.69) is 66.3 Å². The molecule has 1 aliphatic rings. The summed E-state index contributed by atoms with van der Waals surface area (Å²) in [4.78, 5) is 18.3. The molecule has 0 saturated carbocycles. The van der Waals surface area contributed by atoms with Crippen LogP contribution in [0, 0.1) is 0 Å². The minimum atomic E-state index is -0.253. The summed E-state index contributed by atoms with van der Waals surface area (Å²) in [5, 5.41) is 4.08. The second-order valence-corrected chi connectivity index (χ2v) is 6.94. The topological polar surface area (TPSA) is 57.6 Å². The Morgan fingerprint density at radius 2 is 2.00 bits per heavy atom. The number of hydrogen-bond donors (Lipinski definition) is 1. The second kappa shape index (κ2) is 7.12. The van der Waals surface area contributed by atoms with Crippen molar-refractivity contribution >= 4 is 23.4 Å². The maximum atomic E-state index is 12.0. The van der Waals surface area contributed by atoms with E-state index in [0.717, 1.165) is 12.1 Å². The Bertz CT molecular complexity index is 869. The first-order chi connectivity index (χ1) is 12.4. The summed E-state index contributed by atoms with van der Waals surface area (Å²) in [6.45, 7) is 9.71. The lowest BCUT2D eigenvalue weighted by molar-refractivity contribution is 0.0955.